The van der Waals surface area contributed by atoms with E-state index >= 15 is 0 Å². The zero-order valence-corrected chi connectivity index (χ0v) is 14.0. The second-order valence-electron chi connectivity index (χ2n) is 5.09. The molecule has 2 heterocycles. The average Bonchev–Trinajstić information content (AvgIpc) is 2.77. The van der Waals surface area contributed by atoms with E-state index in [9.17, 15) is 13.2 Å². The number of aromatic nitrogens is 3. The van der Waals surface area contributed by atoms with Crippen molar-refractivity contribution in [1.29, 1.82) is 0 Å². The van der Waals surface area contributed by atoms with Gasteiger partial charge in [-0.05, 0) is 41.1 Å². The van der Waals surface area contributed by atoms with Crippen LogP contribution in [0.2, 0.25) is 0 Å². The van der Waals surface area contributed by atoms with Gasteiger partial charge in [-0.2, -0.15) is 4.31 Å². The minimum absolute atomic E-state index is 0.0477. The Morgan fingerprint density at radius 2 is 2.05 bits per heavy atom. The molecular weight excluding hydrogens is 364 g/mol. The highest BCUT2D eigenvalue weighted by molar-refractivity contribution is 9.10. The third-order valence-corrected chi connectivity index (χ3v) is 6.45. The molecule has 0 atom stereocenters. The van der Waals surface area contributed by atoms with Gasteiger partial charge in [-0.15, -0.1) is 5.10 Å². The van der Waals surface area contributed by atoms with Crippen molar-refractivity contribution in [3.63, 3.8) is 0 Å². The number of rotatable bonds is 5. The molecule has 118 valence electrons. The number of aryl methyl sites for hydroxylation is 1. The van der Waals surface area contributed by atoms with Crippen molar-refractivity contribution in [1.82, 2.24) is 19.3 Å². The maximum absolute atomic E-state index is 12.6. The third kappa shape index (κ3) is 3.61. The lowest BCUT2D eigenvalue weighted by Crippen LogP contribution is -2.39. The quantitative estimate of drug-likeness (QED) is 0.811. The molecule has 0 unspecified atom stereocenters. The van der Waals surface area contributed by atoms with Crippen LogP contribution in [0.1, 0.15) is 25.7 Å². The second-order valence-corrected chi connectivity index (χ2v) is 7.69. The lowest BCUT2D eigenvalue weighted by Gasteiger charge is -2.30. The predicted octanol–water partition coefficient (Wildman–Crippen LogP) is 0.843. The van der Waals surface area contributed by atoms with Gasteiger partial charge >= 0.3 is 5.97 Å². The zero-order valence-electron chi connectivity index (χ0n) is 11.6. The number of carboxylic acids is 1. The number of nitrogens with zero attached hydrogens (tertiary/aromatic N) is 4. The first kappa shape index (κ1) is 16.4. The molecule has 8 nitrogen and oxygen atoms in total. The van der Waals surface area contributed by atoms with E-state index in [1.165, 1.54) is 16.0 Å². The van der Waals surface area contributed by atoms with Crippen LogP contribution in [0.15, 0.2) is 9.63 Å². The van der Waals surface area contributed by atoms with E-state index in [1.54, 1.807) is 0 Å². The van der Waals surface area contributed by atoms with Crippen molar-refractivity contribution in [3.8, 4) is 0 Å². The van der Waals surface area contributed by atoms with Crippen molar-refractivity contribution in [2.24, 2.45) is 13.0 Å². The van der Waals surface area contributed by atoms with Gasteiger partial charge in [0, 0.05) is 26.6 Å². The average molecular weight is 381 g/mol. The van der Waals surface area contributed by atoms with Gasteiger partial charge < -0.3 is 5.11 Å². The Balaban J connectivity index is 2.03. The number of halogens is 1. The molecule has 0 aliphatic carbocycles. The fourth-order valence-electron chi connectivity index (χ4n) is 2.48. The van der Waals surface area contributed by atoms with Crippen LogP contribution >= 0.6 is 15.9 Å². The van der Waals surface area contributed by atoms with E-state index in [4.69, 9.17) is 5.11 Å². The zero-order chi connectivity index (χ0) is 15.6. The molecule has 0 amide bonds. The second kappa shape index (κ2) is 6.41. The summed E-state index contributed by atoms with van der Waals surface area (Å²) in [5, 5.41) is 16.1. The minimum atomic E-state index is -3.63. The molecule has 1 aliphatic rings. The number of hydrogen-bond donors (Lipinski definition) is 1. The van der Waals surface area contributed by atoms with Gasteiger partial charge in [0.05, 0.1) is 0 Å². The molecule has 10 heteroatoms. The summed E-state index contributed by atoms with van der Waals surface area (Å²) in [6, 6.07) is 0. The van der Waals surface area contributed by atoms with Crippen LogP contribution in [0.4, 0.5) is 0 Å². The Morgan fingerprint density at radius 3 is 2.52 bits per heavy atom. The first-order valence-corrected chi connectivity index (χ1v) is 8.82. The van der Waals surface area contributed by atoms with E-state index < -0.39 is 16.0 Å². The number of aliphatic carboxylic acids is 1. The van der Waals surface area contributed by atoms with Crippen LogP contribution in [-0.2, 0) is 21.9 Å². The number of hydrogen-bond acceptors (Lipinski definition) is 5. The summed E-state index contributed by atoms with van der Waals surface area (Å²) in [6.45, 7) is 0.786. The minimum Gasteiger partial charge on any atom is -0.481 e. The monoisotopic (exact) mass is 380 g/mol. The van der Waals surface area contributed by atoms with Crippen molar-refractivity contribution in [2.75, 3.05) is 13.1 Å². The Labute approximate surface area is 131 Å². The summed E-state index contributed by atoms with van der Waals surface area (Å²) in [5.41, 5.74) is 0. The number of sulfonamides is 1. The highest BCUT2D eigenvalue weighted by Gasteiger charge is 2.33. The van der Waals surface area contributed by atoms with Crippen LogP contribution in [0.25, 0.3) is 0 Å². The van der Waals surface area contributed by atoms with E-state index in [0.29, 0.717) is 32.4 Å². The standard InChI is InChI=1S/C11H17BrN4O4S/c1-15-11(10(12)13-14-15)21(19,20)16-6-4-8(5-7-16)2-3-9(17)18/h8H,2-7H2,1H3,(H,17,18). The van der Waals surface area contributed by atoms with E-state index in [0.717, 1.165) is 0 Å². The molecular formula is C11H17BrN4O4S. The number of carbonyl (C=O) groups is 1. The molecule has 1 N–H and O–H groups in total. The molecule has 0 bridgehead atoms. The SMILES string of the molecule is Cn1nnc(Br)c1S(=O)(=O)N1CCC(CCC(=O)O)CC1. The van der Waals surface area contributed by atoms with Crippen LogP contribution in [0, 0.1) is 5.92 Å². The summed E-state index contributed by atoms with van der Waals surface area (Å²) in [4.78, 5) is 10.6. The van der Waals surface area contributed by atoms with E-state index in [2.05, 4.69) is 26.2 Å². The van der Waals surface area contributed by atoms with E-state index in [-0.39, 0.29) is 22.0 Å². The molecule has 2 rings (SSSR count). The maximum atomic E-state index is 12.6. The van der Waals surface area contributed by atoms with Gasteiger partial charge in [-0.25, -0.2) is 13.1 Å². The summed E-state index contributed by atoms with van der Waals surface area (Å²) < 4.78 is 28.0. The Hall–Kier alpha value is -1.00. The fraction of sp³-hybridized carbons (Fsp3) is 0.727. The van der Waals surface area contributed by atoms with Crippen molar-refractivity contribution < 1.29 is 18.3 Å². The first-order valence-electron chi connectivity index (χ1n) is 6.59. The van der Waals surface area contributed by atoms with Gasteiger partial charge in [-0.3, -0.25) is 4.79 Å². The van der Waals surface area contributed by atoms with Crippen molar-refractivity contribution >= 4 is 31.9 Å². The predicted molar refractivity (Wildman–Crippen MR) is 77.1 cm³/mol. The van der Waals surface area contributed by atoms with Crippen LogP contribution < -0.4 is 0 Å². The van der Waals surface area contributed by atoms with Crippen LogP contribution in [0.5, 0.6) is 0 Å². The Bertz CT molecular complexity index is 603. The van der Waals surface area contributed by atoms with Crippen molar-refractivity contribution in [3.05, 3.63) is 4.60 Å². The number of carboxylic acid groups (broad SMARTS) is 1. The summed E-state index contributed by atoms with van der Waals surface area (Å²) >= 11 is 3.11. The van der Waals surface area contributed by atoms with Crippen LogP contribution in [0.3, 0.4) is 0 Å². The molecule has 0 aromatic carbocycles. The third-order valence-electron chi connectivity index (χ3n) is 3.66. The molecule has 0 radical (unpaired) electrons. The topological polar surface area (TPSA) is 105 Å². The smallest absolute Gasteiger partial charge is 0.303 e. The van der Waals surface area contributed by atoms with Gasteiger partial charge in [0.15, 0.2) is 4.60 Å². The summed E-state index contributed by atoms with van der Waals surface area (Å²) in [5.74, 6) is -0.546. The number of piperidine rings is 1. The molecule has 1 saturated heterocycles. The first-order chi connectivity index (χ1) is 9.82. The Kier molecular flexibility index (Phi) is 4.99. The van der Waals surface area contributed by atoms with Crippen LogP contribution in [-0.4, -0.2) is 51.9 Å². The molecule has 21 heavy (non-hydrogen) atoms. The van der Waals surface area contributed by atoms with Gasteiger partial charge in [0.25, 0.3) is 10.0 Å². The van der Waals surface area contributed by atoms with Gasteiger partial charge in [0.2, 0.25) is 5.03 Å². The molecule has 1 fully saturated rings. The normalized spacial score (nSPS) is 18.0. The molecule has 1 aromatic rings. The molecule has 1 aromatic heterocycles. The van der Waals surface area contributed by atoms with Crippen molar-refractivity contribution in [2.45, 2.75) is 30.7 Å². The highest BCUT2D eigenvalue weighted by atomic mass is 79.9. The lowest BCUT2D eigenvalue weighted by atomic mass is 9.93. The van der Waals surface area contributed by atoms with Gasteiger partial charge in [0.1, 0.15) is 0 Å². The highest BCUT2D eigenvalue weighted by Crippen LogP contribution is 2.28. The molecule has 0 spiro atoms. The largest absolute Gasteiger partial charge is 0.481 e. The fourth-order valence-corrected chi connectivity index (χ4v) is 4.99. The van der Waals surface area contributed by atoms with Gasteiger partial charge in [-0.1, -0.05) is 5.21 Å². The summed E-state index contributed by atoms with van der Waals surface area (Å²) in [6.07, 6.45) is 2.08. The lowest BCUT2D eigenvalue weighted by molar-refractivity contribution is -0.137. The maximum Gasteiger partial charge on any atom is 0.303 e. The molecule has 1 aliphatic heterocycles. The summed E-state index contributed by atoms with van der Waals surface area (Å²) in [7, 11) is -2.09. The molecule has 0 saturated carbocycles. The Morgan fingerprint density at radius 1 is 1.43 bits per heavy atom. The van der Waals surface area contributed by atoms with E-state index in [1.807, 2.05) is 0 Å².